The summed E-state index contributed by atoms with van der Waals surface area (Å²) in [5, 5.41) is 3.78. The molecule has 0 bridgehead atoms. The predicted octanol–water partition coefficient (Wildman–Crippen LogP) is 5.58. The first-order chi connectivity index (χ1) is 12.4. The molecule has 2 aliphatic rings. The second-order valence-electron chi connectivity index (χ2n) is 6.93. The van der Waals surface area contributed by atoms with Crippen molar-refractivity contribution >= 4 is 5.69 Å². The average Bonchev–Trinajstić information content (AvgIpc) is 3.18. The normalized spacial score (nSPS) is 23.6. The number of benzene rings is 2. The maximum atomic E-state index is 4.32. The van der Waals surface area contributed by atoms with Gasteiger partial charge in [-0.1, -0.05) is 54.6 Å². The molecule has 2 heterocycles. The monoisotopic (exact) mass is 324 g/mol. The molecular formula is C23H20N2. The molecule has 5 rings (SSSR count). The van der Waals surface area contributed by atoms with Crippen LogP contribution in [0.25, 0.3) is 11.1 Å². The van der Waals surface area contributed by atoms with Crippen LogP contribution in [0.5, 0.6) is 0 Å². The fraction of sp³-hybridized carbons (Fsp3) is 0.174. The Kier molecular flexibility index (Phi) is 3.41. The number of anilines is 1. The number of nitrogens with one attached hydrogen (secondary N) is 1. The summed E-state index contributed by atoms with van der Waals surface area (Å²) in [6, 6.07) is 22.0. The maximum Gasteiger partial charge on any atom is 0.0569 e. The van der Waals surface area contributed by atoms with Gasteiger partial charge in [0.15, 0.2) is 0 Å². The fourth-order valence-corrected chi connectivity index (χ4v) is 4.29. The SMILES string of the molecule is C1=C[C@@H]2c3cc(-c4ccccc4)ccc3N[C@@H](c3cccnc3)[C@H]2C1. The Morgan fingerprint density at radius 1 is 0.920 bits per heavy atom. The van der Waals surface area contributed by atoms with Crippen molar-refractivity contribution in [1.82, 2.24) is 4.98 Å². The first-order valence-electron chi connectivity index (χ1n) is 8.92. The molecule has 3 atom stereocenters. The highest BCUT2D eigenvalue weighted by Crippen LogP contribution is 2.50. The smallest absolute Gasteiger partial charge is 0.0569 e. The van der Waals surface area contributed by atoms with Gasteiger partial charge in [-0.15, -0.1) is 0 Å². The molecule has 0 saturated heterocycles. The van der Waals surface area contributed by atoms with E-state index in [9.17, 15) is 0 Å². The summed E-state index contributed by atoms with van der Waals surface area (Å²) in [6.07, 6.45) is 9.69. The van der Waals surface area contributed by atoms with Crippen LogP contribution in [0.15, 0.2) is 85.2 Å². The number of pyridine rings is 1. The van der Waals surface area contributed by atoms with Gasteiger partial charge in [0.05, 0.1) is 6.04 Å². The lowest BCUT2D eigenvalue weighted by Crippen LogP contribution is -2.29. The minimum Gasteiger partial charge on any atom is -0.378 e. The number of aromatic nitrogens is 1. The summed E-state index contributed by atoms with van der Waals surface area (Å²) in [6.45, 7) is 0. The molecule has 2 heteroatoms. The van der Waals surface area contributed by atoms with Gasteiger partial charge >= 0.3 is 0 Å². The number of hydrogen-bond donors (Lipinski definition) is 1. The number of fused-ring (bicyclic) bond motifs is 3. The van der Waals surface area contributed by atoms with Crippen molar-refractivity contribution in [2.45, 2.75) is 18.4 Å². The van der Waals surface area contributed by atoms with Crippen LogP contribution in [-0.4, -0.2) is 4.98 Å². The van der Waals surface area contributed by atoms with E-state index in [-0.39, 0.29) is 0 Å². The van der Waals surface area contributed by atoms with Crippen molar-refractivity contribution in [2.75, 3.05) is 5.32 Å². The van der Waals surface area contributed by atoms with E-state index in [0.29, 0.717) is 17.9 Å². The average molecular weight is 324 g/mol. The van der Waals surface area contributed by atoms with E-state index in [1.807, 2.05) is 18.5 Å². The van der Waals surface area contributed by atoms with E-state index in [2.05, 4.69) is 77.1 Å². The summed E-state index contributed by atoms with van der Waals surface area (Å²) >= 11 is 0. The molecule has 25 heavy (non-hydrogen) atoms. The summed E-state index contributed by atoms with van der Waals surface area (Å²) < 4.78 is 0. The maximum absolute atomic E-state index is 4.32. The van der Waals surface area contributed by atoms with Crippen molar-refractivity contribution in [3.05, 3.63) is 96.3 Å². The molecule has 1 aliphatic carbocycles. The molecule has 2 nitrogen and oxygen atoms in total. The van der Waals surface area contributed by atoms with Crippen LogP contribution >= 0.6 is 0 Å². The number of rotatable bonds is 2. The third-order valence-electron chi connectivity index (χ3n) is 5.51. The Morgan fingerprint density at radius 3 is 2.68 bits per heavy atom. The zero-order valence-corrected chi connectivity index (χ0v) is 14.0. The van der Waals surface area contributed by atoms with Crippen LogP contribution in [0.4, 0.5) is 5.69 Å². The van der Waals surface area contributed by atoms with Crippen molar-refractivity contribution in [3.63, 3.8) is 0 Å². The van der Waals surface area contributed by atoms with Crippen molar-refractivity contribution < 1.29 is 0 Å². The Labute approximate surface area is 148 Å². The summed E-state index contributed by atoms with van der Waals surface area (Å²) in [5.41, 5.74) is 6.51. The third-order valence-corrected chi connectivity index (χ3v) is 5.51. The molecule has 0 saturated carbocycles. The lowest BCUT2D eigenvalue weighted by Gasteiger charge is -2.37. The lowest BCUT2D eigenvalue weighted by molar-refractivity contribution is 0.425. The molecule has 1 N–H and O–H groups in total. The van der Waals surface area contributed by atoms with Crippen molar-refractivity contribution in [3.8, 4) is 11.1 Å². The highest BCUT2D eigenvalue weighted by molar-refractivity contribution is 5.71. The zero-order chi connectivity index (χ0) is 16.6. The Morgan fingerprint density at radius 2 is 1.84 bits per heavy atom. The van der Waals surface area contributed by atoms with Gasteiger partial charge in [0.2, 0.25) is 0 Å². The van der Waals surface area contributed by atoms with E-state index in [1.54, 1.807) is 0 Å². The number of nitrogens with zero attached hydrogens (tertiary/aromatic N) is 1. The van der Waals surface area contributed by atoms with Gasteiger partial charge in [-0.25, -0.2) is 0 Å². The van der Waals surface area contributed by atoms with Crippen LogP contribution in [0, 0.1) is 5.92 Å². The van der Waals surface area contributed by atoms with E-state index in [4.69, 9.17) is 0 Å². The molecule has 0 spiro atoms. The first kappa shape index (κ1) is 14.5. The molecular weight excluding hydrogens is 304 g/mol. The van der Waals surface area contributed by atoms with Crippen LogP contribution in [0.1, 0.15) is 29.5 Å². The fourth-order valence-electron chi connectivity index (χ4n) is 4.29. The van der Waals surface area contributed by atoms with Gasteiger partial charge in [-0.2, -0.15) is 0 Å². The minimum absolute atomic E-state index is 0.323. The lowest BCUT2D eigenvalue weighted by atomic mass is 9.76. The molecule has 3 aromatic rings. The molecule has 2 aromatic carbocycles. The van der Waals surface area contributed by atoms with E-state index in [0.717, 1.165) is 6.42 Å². The first-order valence-corrected chi connectivity index (χ1v) is 8.92. The summed E-state index contributed by atoms with van der Waals surface area (Å²) in [7, 11) is 0. The Balaban J connectivity index is 1.58. The predicted molar refractivity (Wildman–Crippen MR) is 102 cm³/mol. The topological polar surface area (TPSA) is 24.9 Å². The summed E-state index contributed by atoms with van der Waals surface area (Å²) in [5.74, 6) is 1.04. The Bertz CT molecular complexity index is 915. The molecule has 0 radical (unpaired) electrons. The van der Waals surface area contributed by atoms with Crippen LogP contribution in [-0.2, 0) is 0 Å². The van der Waals surface area contributed by atoms with E-state index in [1.165, 1.54) is 27.9 Å². The Hall–Kier alpha value is -2.87. The molecule has 1 aromatic heterocycles. The van der Waals surface area contributed by atoms with Crippen molar-refractivity contribution in [1.29, 1.82) is 0 Å². The van der Waals surface area contributed by atoms with Crippen LogP contribution < -0.4 is 5.32 Å². The number of hydrogen-bond acceptors (Lipinski definition) is 2. The minimum atomic E-state index is 0.323. The highest BCUT2D eigenvalue weighted by atomic mass is 15.0. The van der Waals surface area contributed by atoms with Gasteiger partial charge < -0.3 is 5.32 Å². The molecule has 0 amide bonds. The van der Waals surface area contributed by atoms with E-state index >= 15 is 0 Å². The molecule has 0 unspecified atom stereocenters. The molecule has 0 fully saturated rings. The quantitative estimate of drug-likeness (QED) is 0.623. The third kappa shape index (κ3) is 2.45. The standard InChI is InChI=1S/C23H20N2/c1-2-6-16(7-3-1)17-11-12-22-21(14-17)19-9-4-10-20(19)23(25-22)18-8-5-13-24-15-18/h1-9,11-15,19-20,23,25H,10H2/t19-,20-,23-/m0/s1. The van der Waals surface area contributed by atoms with Gasteiger partial charge in [-0.3, -0.25) is 4.98 Å². The van der Waals surface area contributed by atoms with Gasteiger partial charge in [0, 0.05) is 24.0 Å². The molecule has 122 valence electrons. The van der Waals surface area contributed by atoms with Gasteiger partial charge in [0.1, 0.15) is 0 Å². The van der Waals surface area contributed by atoms with Crippen LogP contribution in [0.3, 0.4) is 0 Å². The largest absolute Gasteiger partial charge is 0.378 e. The molecule has 1 aliphatic heterocycles. The van der Waals surface area contributed by atoms with Crippen LogP contribution in [0.2, 0.25) is 0 Å². The highest BCUT2D eigenvalue weighted by Gasteiger charge is 2.37. The zero-order valence-electron chi connectivity index (χ0n) is 14.0. The second kappa shape index (κ2) is 5.89. The second-order valence-corrected chi connectivity index (χ2v) is 6.93. The van der Waals surface area contributed by atoms with Crippen molar-refractivity contribution in [2.24, 2.45) is 5.92 Å². The van der Waals surface area contributed by atoms with Gasteiger partial charge in [0.25, 0.3) is 0 Å². The number of allylic oxidation sites excluding steroid dienone is 2. The van der Waals surface area contributed by atoms with Gasteiger partial charge in [-0.05, 0) is 52.8 Å². The van der Waals surface area contributed by atoms with E-state index < -0.39 is 0 Å². The summed E-state index contributed by atoms with van der Waals surface area (Å²) in [4.78, 5) is 4.32.